The second-order valence-electron chi connectivity index (χ2n) is 3.73. The Labute approximate surface area is 114 Å². The Hall–Kier alpha value is -1.73. The molecule has 5 nitrogen and oxygen atoms in total. The molecule has 0 aliphatic rings. The maximum absolute atomic E-state index is 12.4. The van der Waals surface area contributed by atoms with E-state index in [0.29, 0.717) is 16.7 Å². The van der Waals surface area contributed by atoms with Crippen molar-refractivity contribution in [1.82, 2.24) is 15.3 Å². The van der Waals surface area contributed by atoms with Crippen LogP contribution in [0.3, 0.4) is 0 Å². The third kappa shape index (κ3) is 3.62. The van der Waals surface area contributed by atoms with Gasteiger partial charge >= 0.3 is 0 Å². The van der Waals surface area contributed by atoms with Crippen molar-refractivity contribution in [1.29, 1.82) is 0 Å². The quantitative estimate of drug-likeness (QED) is 0.807. The van der Waals surface area contributed by atoms with Gasteiger partial charge in [0.25, 0.3) is 6.43 Å². The number of benzene rings is 1. The summed E-state index contributed by atoms with van der Waals surface area (Å²) in [6, 6.07) is 4.76. The number of halogens is 3. The zero-order valence-corrected chi connectivity index (χ0v) is 10.9. The Balaban J connectivity index is 0.00000180. The van der Waals surface area contributed by atoms with Crippen LogP contribution in [-0.2, 0) is 4.79 Å². The Bertz CT molecular complexity index is 573. The number of aromatic nitrogens is 2. The average Bonchev–Trinajstić information content (AvgIpc) is 2.72. The van der Waals surface area contributed by atoms with Crippen molar-refractivity contribution in [3.05, 3.63) is 24.0 Å². The predicted octanol–water partition coefficient (Wildman–Crippen LogP) is 2.08. The van der Waals surface area contributed by atoms with Crippen LogP contribution in [-0.4, -0.2) is 29.5 Å². The zero-order valence-electron chi connectivity index (χ0n) is 10.0. The molecule has 0 bridgehead atoms. The van der Waals surface area contributed by atoms with Gasteiger partial charge in [-0.05, 0) is 25.2 Å². The van der Waals surface area contributed by atoms with Gasteiger partial charge in [0.1, 0.15) is 0 Å². The first kappa shape index (κ1) is 15.3. The van der Waals surface area contributed by atoms with Crippen molar-refractivity contribution in [2.45, 2.75) is 6.43 Å². The minimum absolute atomic E-state index is 0. The molecule has 0 aliphatic carbocycles. The van der Waals surface area contributed by atoms with Crippen LogP contribution in [0.5, 0.6) is 0 Å². The minimum Gasteiger partial charge on any atom is -0.337 e. The minimum atomic E-state index is -2.64. The topological polar surface area (TPSA) is 69.8 Å². The number of imidazole rings is 1. The summed E-state index contributed by atoms with van der Waals surface area (Å²) >= 11 is 0. The standard InChI is InChI=1S/C11H12F2N4O.ClH/c1-14-5-9(18)15-6-2-3-7-8(4-6)17-11(16-7)10(12)13;/h2-4,10,14H,5H2,1H3,(H,15,18)(H,16,17);1H. The number of H-pyrrole nitrogens is 1. The number of aromatic amines is 1. The predicted molar refractivity (Wildman–Crippen MR) is 70.9 cm³/mol. The van der Waals surface area contributed by atoms with Crippen LogP contribution in [0, 0.1) is 0 Å². The molecular formula is C11H13ClF2N4O. The molecule has 2 aromatic rings. The first-order valence-corrected chi connectivity index (χ1v) is 5.32. The highest BCUT2D eigenvalue weighted by Crippen LogP contribution is 2.22. The fourth-order valence-corrected chi connectivity index (χ4v) is 1.58. The third-order valence-electron chi connectivity index (χ3n) is 2.33. The van der Waals surface area contributed by atoms with Crippen LogP contribution in [0.1, 0.15) is 12.2 Å². The molecule has 0 unspecified atom stereocenters. The van der Waals surface area contributed by atoms with Crippen molar-refractivity contribution in [2.24, 2.45) is 0 Å². The first-order valence-electron chi connectivity index (χ1n) is 5.32. The number of likely N-dealkylation sites (N-methyl/N-ethyl adjacent to an activating group) is 1. The number of fused-ring (bicyclic) bond motifs is 1. The largest absolute Gasteiger partial charge is 0.337 e. The van der Waals surface area contributed by atoms with Crippen LogP contribution < -0.4 is 10.6 Å². The lowest BCUT2D eigenvalue weighted by atomic mass is 10.3. The summed E-state index contributed by atoms with van der Waals surface area (Å²) in [6.45, 7) is 0.184. The molecule has 1 aromatic heterocycles. The molecular weight excluding hydrogens is 278 g/mol. The molecule has 1 aromatic carbocycles. The monoisotopic (exact) mass is 290 g/mol. The van der Waals surface area contributed by atoms with Crippen LogP contribution in [0.25, 0.3) is 11.0 Å². The number of rotatable bonds is 4. The highest BCUT2D eigenvalue weighted by molar-refractivity contribution is 5.94. The molecule has 0 atom stereocenters. The highest BCUT2D eigenvalue weighted by Gasteiger charge is 2.12. The summed E-state index contributed by atoms with van der Waals surface area (Å²) in [5.41, 5.74) is 1.44. The summed E-state index contributed by atoms with van der Waals surface area (Å²) < 4.78 is 24.9. The van der Waals surface area contributed by atoms with Crippen LogP contribution in [0.15, 0.2) is 18.2 Å². The van der Waals surface area contributed by atoms with Gasteiger partial charge in [0.15, 0.2) is 5.82 Å². The fraction of sp³-hybridized carbons (Fsp3) is 0.273. The number of carbonyl (C=O) groups excluding carboxylic acids is 1. The summed E-state index contributed by atoms with van der Waals surface area (Å²) in [5, 5.41) is 5.35. The molecule has 2 rings (SSSR count). The van der Waals surface area contributed by atoms with Crippen molar-refractivity contribution < 1.29 is 13.6 Å². The van der Waals surface area contributed by atoms with Gasteiger partial charge < -0.3 is 15.6 Å². The molecule has 8 heteroatoms. The number of anilines is 1. The molecule has 0 saturated carbocycles. The van der Waals surface area contributed by atoms with E-state index in [0.717, 1.165) is 0 Å². The normalized spacial score (nSPS) is 10.5. The van der Waals surface area contributed by atoms with Gasteiger partial charge in [-0.2, -0.15) is 0 Å². The number of alkyl halides is 2. The van der Waals surface area contributed by atoms with E-state index >= 15 is 0 Å². The molecule has 104 valence electrons. The van der Waals surface area contributed by atoms with E-state index in [1.165, 1.54) is 0 Å². The maximum Gasteiger partial charge on any atom is 0.295 e. The maximum atomic E-state index is 12.4. The third-order valence-corrected chi connectivity index (χ3v) is 2.33. The molecule has 3 N–H and O–H groups in total. The lowest BCUT2D eigenvalue weighted by Crippen LogP contribution is -2.24. The SMILES string of the molecule is CNCC(=O)Nc1ccc2nc(C(F)F)[nH]c2c1.Cl. The summed E-state index contributed by atoms with van der Waals surface area (Å²) in [7, 11) is 1.66. The van der Waals surface area contributed by atoms with E-state index < -0.39 is 6.43 Å². The number of carbonyl (C=O) groups is 1. The van der Waals surface area contributed by atoms with Gasteiger partial charge in [-0.1, -0.05) is 0 Å². The van der Waals surface area contributed by atoms with Gasteiger partial charge in [0.2, 0.25) is 5.91 Å². The Morgan fingerprint density at radius 2 is 2.21 bits per heavy atom. The van der Waals surface area contributed by atoms with E-state index in [-0.39, 0.29) is 30.7 Å². The van der Waals surface area contributed by atoms with Crippen molar-refractivity contribution in [3.63, 3.8) is 0 Å². The van der Waals surface area contributed by atoms with E-state index in [1.807, 2.05) is 0 Å². The lowest BCUT2D eigenvalue weighted by Gasteiger charge is -2.03. The van der Waals surface area contributed by atoms with Crippen LogP contribution in [0.4, 0.5) is 14.5 Å². The highest BCUT2D eigenvalue weighted by atomic mass is 35.5. The van der Waals surface area contributed by atoms with E-state index in [2.05, 4.69) is 20.6 Å². The van der Waals surface area contributed by atoms with Gasteiger partial charge in [0, 0.05) is 5.69 Å². The fourth-order valence-electron chi connectivity index (χ4n) is 1.58. The van der Waals surface area contributed by atoms with Gasteiger partial charge in [-0.15, -0.1) is 12.4 Å². The second-order valence-corrected chi connectivity index (χ2v) is 3.73. The van der Waals surface area contributed by atoms with E-state index in [1.54, 1.807) is 25.2 Å². The molecule has 19 heavy (non-hydrogen) atoms. The molecule has 0 spiro atoms. The van der Waals surface area contributed by atoms with Crippen molar-refractivity contribution in [3.8, 4) is 0 Å². The Morgan fingerprint density at radius 1 is 1.47 bits per heavy atom. The second kappa shape index (κ2) is 6.44. The Kier molecular flexibility index (Phi) is 5.20. The smallest absolute Gasteiger partial charge is 0.295 e. The van der Waals surface area contributed by atoms with Gasteiger partial charge in [0.05, 0.1) is 17.6 Å². The van der Waals surface area contributed by atoms with E-state index in [4.69, 9.17) is 0 Å². The van der Waals surface area contributed by atoms with Crippen molar-refractivity contribution >= 4 is 35.0 Å². The number of nitrogens with one attached hydrogen (secondary N) is 3. The first-order chi connectivity index (χ1) is 8.60. The number of amides is 1. The van der Waals surface area contributed by atoms with Gasteiger partial charge in [-0.25, -0.2) is 13.8 Å². The molecule has 0 radical (unpaired) electrons. The Morgan fingerprint density at radius 3 is 2.84 bits per heavy atom. The summed E-state index contributed by atoms with van der Waals surface area (Å²) in [6.07, 6.45) is -2.64. The molecule has 0 saturated heterocycles. The van der Waals surface area contributed by atoms with Gasteiger partial charge in [-0.3, -0.25) is 4.79 Å². The number of hydrogen-bond donors (Lipinski definition) is 3. The number of nitrogens with zero attached hydrogens (tertiary/aromatic N) is 1. The van der Waals surface area contributed by atoms with Crippen LogP contribution in [0.2, 0.25) is 0 Å². The molecule has 0 fully saturated rings. The number of hydrogen-bond acceptors (Lipinski definition) is 3. The van der Waals surface area contributed by atoms with E-state index in [9.17, 15) is 13.6 Å². The van der Waals surface area contributed by atoms with Crippen molar-refractivity contribution in [2.75, 3.05) is 18.9 Å². The average molecular weight is 291 g/mol. The summed E-state index contributed by atoms with van der Waals surface area (Å²) in [4.78, 5) is 17.6. The van der Waals surface area contributed by atoms with Crippen LogP contribution >= 0.6 is 12.4 Å². The lowest BCUT2D eigenvalue weighted by molar-refractivity contribution is -0.115. The summed E-state index contributed by atoms with van der Waals surface area (Å²) in [5.74, 6) is -0.575. The molecule has 1 heterocycles. The molecule has 1 amide bonds. The molecule has 0 aliphatic heterocycles. The zero-order chi connectivity index (χ0) is 13.1.